The van der Waals surface area contributed by atoms with Gasteiger partial charge in [0.1, 0.15) is 6.04 Å². The number of carboxylic acids is 1. The highest BCUT2D eigenvalue weighted by atomic mass is 19.1. The summed E-state index contributed by atoms with van der Waals surface area (Å²) >= 11 is 0. The van der Waals surface area contributed by atoms with Gasteiger partial charge in [0, 0.05) is 12.0 Å². The van der Waals surface area contributed by atoms with E-state index in [0.717, 1.165) is 12.1 Å². The maximum atomic E-state index is 13.3. The molecule has 17 heavy (non-hydrogen) atoms. The smallest absolute Gasteiger partial charge is 0.321 e. The highest BCUT2D eigenvalue weighted by Crippen LogP contribution is 2.24. The van der Waals surface area contributed by atoms with E-state index in [-0.39, 0.29) is 0 Å². The minimum Gasteiger partial charge on any atom is -0.480 e. The van der Waals surface area contributed by atoms with Crippen molar-refractivity contribution in [3.8, 4) is 0 Å². The van der Waals surface area contributed by atoms with Crippen LogP contribution in [0.1, 0.15) is 18.4 Å². The van der Waals surface area contributed by atoms with Gasteiger partial charge in [-0.15, -0.1) is 0 Å². The Bertz CT molecular complexity index is 464. The monoisotopic (exact) mass is 242 g/mol. The summed E-state index contributed by atoms with van der Waals surface area (Å²) in [7, 11) is 0. The van der Waals surface area contributed by atoms with Crippen molar-refractivity contribution in [2.45, 2.75) is 18.9 Å². The van der Waals surface area contributed by atoms with Crippen molar-refractivity contribution < 1.29 is 19.2 Å². The van der Waals surface area contributed by atoms with E-state index in [2.05, 4.69) is 0 Å². The molecule has 1 rings (SSSR count). The number of carbonyl (C=O) groups is 1. The van der Waals surface area contributed by atoms with Crippen LogP contribution in [0, 0.1) is 15.9 Å². The molecule has 3 N–H and O–H groups in total. The number of halogens is 1. The van der Waals surface area contributed by atoms with Crippen LogP contribution < -0.4 is 5.73 Å². The topological polar surface area (TPSA) is 106 Å². The first kappa shape index (κ1) is 13.0. The lowest BCUT2D eigenvalue weighted by Gasteiger charge is -2.16. The second-order valence-corrected chi connectivity index (χ2v) is 3.62. The maximum Gasteiger partial charge on any atom is 0.321 e. The highest BCUT2D eigenvalue weighted by molar-refractivity contribution is 5.74. The van der Waals surface area contributed by atoms with Gasteiger partial charge >= 0.3 is 11.7 Å². The van der Waals surface area contributed by atoms with Crippen LogP contribution in [0.3, 0.4) is 0 Å². The van der Waals surface area contributed by atoms with E-state index in [0.29, 0.717) is 5.56 Å². The summed E-state index contributed by atoms with van der Waals surface area (Å²) in [5.41, 5.74) is 5.04. The second kappa shape index (κ2) is 4.88. The first-order chi connectivity index (χ1) is 7.84. The van der Waals surface area contributed by atoms with E-state index in [1.165, 1.54) is 13.0 Å². The number of nitro benzene ring substituents is 1. The predicted molar refractivity (Wildman–Crippen MR) is 57.1 cm³/mol. The Kier molecular flexibility index (Phi) is 3.74. The van der Waals surface area contributed by atoms with Crippen LogP contribution in [-0.4, -0.2) is 22.0 Å². The summed E-state index contributed by atoms with van der Waals surface area (Å²) in [4.78, 5) is 20.2. The molecule has 0 aliphatic rings. The van der Waals surface area contributed by atoms with Crippen molar-refractivity contribution in [1.29, 1.82) is 0 Å². The number of aliphatic carboxylic acids is 1. The molecule has 0 heterocycles. The quantitative estimate of drug-likeness (QED) is 0.610. The van der Waals surface area contributed by atoms with Gasteiger partial charge in [0.05, 0.1) is 4.92 Å². The van der Waals surface area contributed by atoms with Crippen molar-refractivity contribution in [2.75, 3.05) is 0 Å². The molecule has 1 aromatic rings. The third-order valence-electron chi connectivity index (χ3n) is 2.52. The van der Waals surface area contributed by atoms with Crippen molar-refractivity contribution >= 4 is 11.7 Å². The highest BCUT2D eigenvalue weighted by Gasteiger charge is 2.23. The summed E-state index contributed by atoms with van der Waals surface area (Å²) < 4.78 is 13.3. The van der Waals surface area contributed by atoms with Crippen LogP contribution in [-0.2, 0) is 4.79 Å². The van der Waals surface area contributed by atoms with Crippen LogP contribution in [0.15, 0.2) is 18.2 Å². The zero-order chi connectivity index (χ0) is 13.2. The van der Waals surface area contributed by atoms with E-state index in [1.807, 2.05) is 0 Å². The van der Waals surface area contributed by atoms with E-state index in [4.69, 9.17) is 10.8 Å². The number of hydrogen-bond donors (Lipinski definition) is 2. The summed E-state index contributed by atoms with van der Waals surface area (Å²) in [6.45, 7) is 1.51. The molecule has 0 unspecified atom stereocenters. The molecule has 0 amide bonds. The van der Waals surface area contributed by atoms with E-state index >= 15 is 0 Å². The van der Waals surface area contributed by atoms with Gasteiger partial charge in [0.15, 0.2) is 0 Å². The van der Waals surface area contributed by atoms with Crippen molar-refractivity contribution in [2.24, 2.45) is 5.73 Å². The van der Waals surface area contributed by atoms with Crippen LogP contribution in [0.2, 0.25) is 0 Å². The summed E-state index contributed by atoms with van der Waals surface area (Å²) in [5.74, 6) is -2.85. The fraction of sp³-hybridized carbons (Fsp3) is 0.300. The lowest BCUT2D eigenvalue weighted by molar-refractivity contribution is -0.387. The van der Waals surface area contributed by atoms with E-state index in [9.17, 15) is 19.3 Å². The van der Waals surface area contributed by atoms with Gasteiger partial charge < -0.3 is 10.8 Å². The number of nitrogens with zero attached hydrogens (tertiary/aromatic N) is 1. The van der Waals surface area contributed by atoms with E-state index < -0.39 is 34.4 Å². The third-order valence-corrected chi connectivity index (χ3v) is 2.52. The summed E-state index contributed by atoms with van der Waals surface area (Å²) in [6, 6.07) is 2.05. The van der Waals surface area contributed by atoms with Crippen molar-refractivity contribution in [1.82, 2.24) is 0 Å². The standard InChI is InChI=1S/C10H11FN2O4/c1-5(9(12)10(14)15)6-2-3-8(13(16)17)7(11)4-6/h2-5,9H,12H2,1H3,(H,14,15)/t5-,9+/m0/s1. The van der Waals surface area contributed by atoms with Gasteiger partial charge in [-0.2, -0.15) is 4.39 Å². The molecule has 0 aliphatic carbocycles. The maximum absolute atomic E-state index is 13.3. The van der Waals surface area contributed by atoms with Crippen LogP contribution in [0.5, 0.6) is 0 Å². The molecule has 0 fully saturated rings. The lowest BCUT2D eigenvalue weighted by atomic mass is 9.93. The molecule has 0 aromatic heterocycles. The molecule has 0 bridgehead atoms. The molecule has 0 saturated carbocycles. The van der Waals surface area contributed by atoms with Crippen LogP contribution in [0.25, 0.3) is 0 Å². The molecule has 0 saturated heterocycles. The zero-order valence-corrected chi connectivity index (χ0v) is 8.96. The first-order valence-electron chi connectivity index (χ1n) is 4.76. The van der Waals surface area contributed by atoms with Gasteiger partial charge in [0.25, 0.3) is 0 Å². The van der Waals surface area contributed by atoms with Gasteiger partial charge in [-0.25, -0.2) is 0 Å². The van der Waals surface area contributed by atoms with E-state index in [1.54, 1.807) is 0 Å². The Balaban J connectivity index is 3.05. The molecule has 0 aliphatic heterocycles. The Hall–Kier alpha value is -2.02. The molecule has 2 atom stereocenters. The Morgan fingerprint density at radius 1 is 1.59 bits per heavy atom. The largest absolute Gasteiger partial charge is 0.480 e. The number of carboxylic acid groups (broad SMARTS) is 1. The van der Waals surface area contributed by atoms with Crippen LogP contribution >= 0.6 is 0 Å². The van der Waals surface area contributed by atoms with Crippen molar-refractivity contribution in [3.63, 3.8) is 0 Å². The average molecular weight is 242 g/mol. The number of nitro groups is 1. The number of hydrogen-bond acceptors (Lipinski definition) is 4. The second-order valence-electron chi connectivity index (χ2n) is 3.62. The molecule has 6 nitrogen and oxygen atoms in total. The molecular weight excluding hydrogens is 231 g/mol. The molecule has 0 radical (unpaired) electrons. The predicted octanol–water partition coefficient (Wildman–Crippen LogP) is 1.25. The minimum absolute atomic E-state index is 0.308. The van der Waals surface area contributed by atoms with Gasteiger partial charge in [0.2, 0.25) is 5.82 Å². The Morgan fingerprint density at radius 2 is 2.18 bits per heavy atom. The van der Waals surface area contributed by atoms with Gasteiger partial charge in [-0.05, 0) is 11.6 Å². The minimum atomic E-state index is -1.21. The number of benzene rings is 1. The Morgan fingerprint density at radius 3 is 2.59 bits per heavy atom. The number of nitrogens with two attached hydrogens (primary N) is 1. The number of rotatable bonds is 4. The summed E-state index contributed by atoms with van der Waals surface area (Å²) in [5, 5.41) is 19.1. The summed E-state index contributed by atoms with van der Waals surface area (Å²) in [6.07, 6.45) is 0. The fourth-order valence-electron chi connectivity index (χ4n) is 1.38. The Labute approximate surface area is 96.0 Å². The zero-order valence-electron chi connectivity index (χ0n) is 8.96. The van der Waals surface area contributed by atoms with Crippen molar-refractivity contribution in [3.05, 3.63) is 39.7 Å². The lowest BCUT2D eigenvalue weighted by Crippen LogP contribution is -2.35. The normalized spacial score (nSPS) is 14.1. The van der Waals surface area contributed by atoms with Crippen LogP contribution in [0.4, 0.5) is 10.1 Å². The fourth-order valence-corrected chi connectivity index (χ4v) is 1.38. The third kappa shape index (κ3) is 2.76. The van der Waals surface area contributed by atoms with Gasteiger partial charge in [-0.1, -0.05) is 13.0 Å². The molecule has 1 aromatic carbocycles. The average Bonchev–Trinajstić information content (AvgIpc) is 2.26. The molecule has 0 spiro atoms. The molecular formula is C10H11FN2O4. The SMILES string of the molecule is C[C@@H](c1ccc([N+](=O)[O-])c(F)c1)[C@@H](N)C(=O)O. The first-order valence-corrected chi connectivity index (χ1v) is 4.76. The van der Waals surface area contributed by atoms with Gasteiger partial charge in [-0.3, -0.25) is 14.9 Å². The molecule has 92 valence electrons. The molecule has 7 heteroatoms.